The summed E-state index contributed by atoms with van der Waals surface area (Å²) >= 11 is 0. The predicted octanol–water partition coefficient (Wildman–Crippen LogP) is -0.0100. The maximum Gasteiger partial charge on any atom is 0 e. The molecule has 0 atom stereocenters. The van der Waals surface area contributed by atoms with Crippen molar-refractivity contribution in [1.29, 1.82) is 0 Å². The molecule has 4 heteroatoms. The van der Waals surface area contributed by atoms with E-state index in [0.29, 0.717) is 0 Å². The van der Waals surface area contributed by atoms with Crippen LogP contribution in [0.25, 0.3) is 0 Å². The van der Waals surface area contributed by atoms with Crippen molar-refractivity contribution in [3.63, 3.8) is 0 Å². The molecule has 2 radical (unpaired) electrons. The van der Waals surface area contributed by atoms with Gasteiger partial charge in [-0.3, -0.25) is 0 Å². The Morgan fingerprint density at radius 2 is 1.00 bits per heavy atom. The molecule has 0 aromatic rings. The Kier molecular flexibility index (Phi) is 170. The van der Waals surface area contributed by atoms with Crippen LogP contribution in [-0.2, 0) is 69.8 Å². The average molecular weight is 238 g/mol. The molecule has 0 nitrogen and oxygen atoms in total. The molecule has 0 saturated carbocycles. The maximum atomic E-state index is 0. The summed E-state index contributed by atoms with van der Waals surface area (Å²) in [7, 11) is 0. The van der Waals surface area contributed by atoms with Crippen molar-refractivity contribution < 1.29 is 69.8 Å². The molecule has 0 unspecified atom stereocenters. The summed E-state index contributed by atoms with van der Waals surface area (Å²) in [5.74, 6) is 0. The second-order valence-electron chi connectivity index (χ2n) is 0. The molecule has 0 rings (SSSR count). The Labute approximate surface area is 69.2 Å². The Morgan fingerprint density at radius 1 is 1.00 bits per heavy atom. The second-order valence-corrected chi connectivity index (χ2v) is 0. The Hall–Kier alpha value is 2.14. The van der Waals surface area contributed by atoms with Crippen molar-refractivity contribution >= 4 is 0 Å². The third-order valence-electron chi connectivity index (χ3n) is 0. The largest absolute Gasteiger partial charge is 0 e. The molecule has 0 bridgehead atoms. The van der Waals surface area contributed by atoms with Crippen LogP contribution in [0.2, 0.25) is 0 Å². The SMILES string of the molecule is [Co].[Mn].[Ni].[Zn]. The molecule has 0 N–H and O–H groups in total. The molecular weight excluding hydrogens is 238 g/mol. The third kappa shape index (κ3) is 8.91. The van der Waals surface area contributed by atoms with Crippen molar-refractivity contribution in [1.82, 2.24) is 0 Å². The zero-order valence-electron chi connectivity index (χ0n) is 1.73. The molecule has 0 amide bonds. The average Bonchev–Trinajstić information content (AvgIpc) is 0. The molecule has 0 aromatic heterocycles. The summed E-state index contributed by atoms with van der Waals surface area (Å²) in [4.78, 5) is 0. The van der Waals surface area contributed by atoms with Gasteiger partial charge in [-0.15, -0.1) is 0 Å². The van der Waals surface area contributed by atoms with Gasteiger partial charge in [0.2, 0.25) is 0 Å². The Balaban J connectivity index is 0. The fourth-order valence-electron chi connectivity index (χ4n) is 0. The van der Waals surface area contributed by atoms with Gasteiger partial charge in [-0.2, -0.15) is 0 Å². The van der Waals surface area contributed by atoms with Gasteiger partial charge < -0.3 is 0 Å². The van der Waals surface area contributed by atoms with E-state index in [2.05, 4.69) is 0 Å². The number of hydrogen-bond donors (Lipinski definition) is 0. The second kappa shape index (κ2) is 19.2. The van der Waals surface area contributed by atoms with E-state index in [1.165, 1.54) is 0 Å². The topological polar surface area (TPSA) is 0 Å². The summed E-state index contributed by atoms with van der Waals surface area (Å²) in [5, 5.41) is 0. The van der Waals surface area contributed by atoms with Crippen LogP contribution in [0.4, 0.5) is 0 Å². The minimum atomic E-state index is 0. The van der Waals surface area contributed by atoms with E-state index in [1.54, 1.807) is 0 Å². The Bertz CT molecular complexity index is 8.00. The fourth-order valence-corrected chi connectivity index (χ4v) is 0. The van der Waals surface area contributed by atoms with Crippen molar-refractivity contribution in [2.24, 2.45) is 0 Å². The first-order chi connectivity index (χ1) is 0. The molecule has 0 aliphatic rings. The summed E-state index contributed by atoms with van der Waals surface area (Å²) in [6, 6.07) is 0. The normalized spacial score (nSPS) is 0. The van der Waals surface area contributed by atoms with E-state index < -0.39 is 0 Å². The summed E-state index contributed by atoms with van der Waals surface area (Å²) < 4.78 is 0. The number of rotatable bonds is 0. The molecule has 0 heterocycles. The van der Waals surface area contributed by atoms with E-state index in [4.69, 9.17) is 0 Å². The van der Waals surface area contributed by atoms with Crippen molar-refractivity contribution in [2.75, 3.05) is 0 Å². The van der Waals surface area contributed by atoms with Crippen LogP contribution in [-0.4, -0.2) is 0 Å². The first kappa shape index (κ1) is 35.4. The van der Waals surface area contributed by atoms with Gasteiger partial charge in [0.1, 0.15) is 0 Å². The summed E-state index contributed by atoms with van der Waals surface area (Å²) in [5.41, 5.74) is 0. The first-order valence-corrected chi connectivity index (χ1v) is 0. The zero-order valence-corrected chi connectivity index (χ0v) is 7.91. The Morgan fingerprint density at radius 3 is 1.00 bits per heavy atom. The van der Waals surface area contributed by atoms with Gasteiger partial charge in [-0.05, 0) is 0 Å². The molecular formula is CoMnNiZn. The van der Waals surface area contributed by atoms with Crippen molar-refractivity contribution in [3.8, 4) is 0 Å². The predicted molar refractivity (Wildman–Crippen MR) is 0 cm³/mol. The van der Waals surface area contributed by atoms with Crippen LogP contribution in [0, 0.1) is 0 Å². The fraction of sp³-hybridized carbons (Fsp3) is 0. The molecule has 0 aliphatic carbocycles. The zero-order chi connectivity index (χ0) is 0. The summed E-state index contributed by atoms with van der Waals surface area (Å²) in [6.07, 6.45) is 0. The van der Waals surface area contributed by atoms with Gasteiger partial charge in [0.25, 0.3) is 0 Å². The van der Waals surface area contributed by atoms with Crippen LogP contribution in [0.3, 0.4) is 0 Å². The molecule has 0 saturated heterocycles. The van der Waals surface area contributed by atoms with Gasteiger partial charge in [-0.1, -0.05) is 0 Å². The van der Waals surface area contributed by atoms with Crippen LogP contribution in [0.1, 0.15) is 0 Å². The van der Waals surface area contributed by atoms with Gasteiger partial charge >= 0.3 is 0 Å². The third-order valence-corrected chi connectivity index (χ3v) is 0. The molecule has 0 spiro atoms. The smallest absolute Gasteiger partial charge is 0 e. The van der Waals surface area contributed by atoms with Gasteiger partial charge in [0, 0.05) is 69.8 Å². The van der Waals surface area contributed by atoms with Crippen LogP contribution >= 0.6 is 0 Å². The van der Waals surface area contributed by atoms with Gasteiger partial charge in [-0.25, -0.2) is 0 Å². The quantitative estimate of drug-likeness (QED) is 0.520. The van der Waals surface area contributed by atoms with Crippen LogP contribution in [0.5, 0.6) is 0 Å². The van der Waals surface area contributed by atoms with Crippen LogP contribution in [0.15, 0.2) is 0 Å². The standard InChI is InChI=1S/Co.Mn.Ni.Zn. The van der Waals surface area contributed by atoms with E-state index in [9.17, 15) is 0 Å². The maximum absolute atomic E-state index is 0. The summed E-state index contributed by atoms with van der Waals surface area (Å²) in [6.45, 7) is 0. The van der Waals surface area contributed by atoms with Gasteiger partial charge in [0.05, 0.1) is 0 Å². The van der Waals surface area contributed by atoms with E-state index in [0.717, 1.165) is 0 Å². The monoisotopic (exact) mass is 236 g/mol. The first-order valence-electron chi connectivity index (χ1n) is 0. The molecule has 0 aliphatic heterocycles. The van der Waals surface area contributed by atoms with E-state index in [1.807, 2.05) is 0 Å². The van der Waals surface area contributed by atoms with E-state index in [-0.39, 0.29) is 69.8 Å². The van der Waals surface area contributed by atoms with Gasteiger partial charge in [0.15, 0.2) is 0 Å². The molecule has 28 valence electrons. The minimum absolute atomic E-state index is 0. The van der Waals surface area contributed by atoms with Crippen molar-refractivity contribution in [2.45, 2.75) is 0 Å². The molecule has 0 fully saturated rings. The van der Waals surface area contributed by atoms with E-state index >= 15 is 0 Å². The minimum Gasteiger partial charge on any atom is 0 e. The molecule has 4 heavy (non-hydrogen) atoms. The van der Waals surface area contributed by atoms with Crippen molar-refractivity contribution in [3.05, 3.63) is 0 Å². The van der Waals surface area contributed by atoms with Crippen LogP contribution < -0.4 is 0 Å². The number of hydrogen-bond acceptors (Lipinski definition) is 0. The molecule has 0 aromatic carbocycles.